The van der Waals surface area contributed by atoms with Gasteiger partial charge in [-0.3, -0.25) is 0 Å². The molecule has 0 fully saturated rings. The Morgan fingerprint density at radius 1 is 1.38 bits per heavy atom. The molecule has 4 nitrogen and oxygen atoms in total. The first-order valence-electron chi connectivity index (χ1n) is 4.60. The van der Waals surface area contributed by atoms with Gasteiger partial charge in [0, 0.05) is 20.2 Å². The maximum absolute atomic E-state index is 9.36. The maximum Gasteiger partial charge on any atom is 0.0899 e. The number of aliphatic hydroxyl groups excluding tert-OH is 2. The van der Waals surface area contributed by atoms with Crippen LogP contribution >= 0.6 is 0 Å². The number of rotatable bonds is 7. The fraction of sp³-hybridized carbons (Fsp3) is 1.00. The third kappa shape index (κ3) is 8.18. The maximum atomic E-state index is 9.36. The average molecular weight is 191 g/mol. The molecule has 2 N–H and O–H groups in total. The fourth-order valence-corrected chi connectivity index (χ4v) is 1.10. The van der Waals surface area contributed by atoms with Gasteiger partial charge in [0.05, 0.1) is 18.8 Å². The topological polar surface area (TPSA) is 52.9 Å². The van der Waals surface area contributed by atoms with Crippen molar-refractivity contribution < 1.29 is 14.9 Å². The molecule has 0 aliphatic heterocycles. The highest BCUT2D eigenvalue weighted by Crippen LogP contribution is 1.95. The Kier molecular flexibility index (Phi) is 7.17. The Morgan fingerprint density at radius 2 is 2.00 bits per heavy atom. The molecule has 13 heavy (non-hydrogen) atoms. The van der Waals surface area contributed by atoms with Crippen molar-refractivity contribution in [3.63, 3.8) is 0 Å². The third-order valence-corrected chi connectivity index (χ3v) is 1.81. The summed E-state index contributed by atoms with van der Waals surface area (Å²) in [5.41, 5.74) is 0. The summed E-state index contributed by atoms with van der Waals surface area (Å²) < 4.78 is 4.80. The summed E-state index contributed by atoms with van der Waals surface area (Å²) in [6.07, 6.45) is 0.0157. The normalized spacial score (nSPS) is 16.2. The van der Waals surface area contributed by atoms with E-state index < -0.39 is 6.10 Å². The van der Waals surface area contributed by atoms with Crippen LogP contribution in [0.5, 0.6) is 0 Å². The lowest BCUT2D eigenvalue weighted by Gasteiger charge is -2.20. The molecule has 80 valence electrons. The van der Waals surface area contributed by atoms with Crippen LogP contribution in [0.15, 0.2) is 0 Å². The second-order valence-corrected chi connectivity index (χ2v) is 3.51. The second-order valence-electron chi connectivity index (χ2n) is 3.51. The van der Waals surface area contributed by atoms with Crippen molar-refractivity contribution in [3.8, 4) is 0 Å². The number of aliphatic hydroxyl groups is 2. The van der Waals surface area contributed by atoms with E-state index in [-0.39, 0.29) is 6.10 Å². The van der Waals surface area contributed by atoms with Gasteiger partial charge in [-0.15, -0.1) is 0 Å². The van der Waals surface area contributed by atoms with Gasteiger partial charge >= 0.3 is 0 Å². The average Bonchev–Trinajstić information content (AvgIpc) is 2.01. The quantitative estimate of drug-likeness (QED) is 0.580. The summed E-state index contributed by atoms with van der Waals surface area (Å²) in [6.45, 7) is 3.50. The lowest BCUT2D eigenvalue weighted by molar-refractivity contribution is 0.0405. The van der Waals surface area contributed by atoms with Crippen molar-refractivity contribution in [1.29, 1.82) is 0 Å². The van der Waals surface area contributed by atoms with Gasteiger partial charge < -0.3 is 19.8 Å². The van der Waals surface area contributed by atoms with Gasteiger partial charge in [0.15, 0.2) is 0 Å². The Labute approximate surface area is 80.1 Å². The molecule has 0 radical (unpaired) electrons. The van der Waals surface area contributed by atoms with Gasteiger partial charge in [0.2, 0.25) is 0 Å². The minimum atomic E-state index is -0.441. The lowest BCUT2D eigenvalue weighted by Crippen LogP contribution is -2.33. The van der Waals surface area contributed by atoms with Crippen LogP contribution in [-0.4, -0.2) is 61.2 Å². The van der Waals surface area contributed by atoms with E-state index in [1.165, 1.54) is 0 Å². The molecule has 2 unspecified atom stereocenters. The fourth-order valence-electron chi connectivity index (χ4n) is 1.10. The largest absolute Gasteiger partial charge is 0.393 e. The minimum absolute atomic E-state index is 0.276. The van der Waals surface area contributed by atoms with E-state index in [1.54, 1.807) is 14.0 Å². The highest BCUT2D eigenvalue weighted by Gasteiger charge is 2.07. The summed E-state index contributed by atoms with van der Waals surface area (Å²) in [5.74, 6) is 0. The molecule has 0 bridgehead atoms. The molecule has 0 spiro atoms. The van der Waals surface area contributed by atoms with Crippen LogP contribution in [0.25, 0.3) is 0 Å². The number of methoxy groups -OCH3 is 1. The molecule has 0 heterocycles. The van der Waals surface area contributed by atoms with Gasteiger partial charge in [0.1, 0.15) is 0 Å². The molecule has 0 aromatic rings. The van der Waals surface area contributed by atoms with E-state index in [9.17, 15) is 5.11 Å². The van der Waals surface area contributed by atoms with E-state index in [0.717, 1.165) is 13.0 Å². The zero-order valence-corrected chi connectivity index (χ0v) is 8.73. The van der Waals surface area contributed by atoms with Crippen LogP contribution in [0.4, 0.5) is 0 Å². The van der Waals surface area contributed by atoms with E-state index >= 15 is 0 Å². The third-order valence-electron chi connectivity index (χ3n) is 1.81. The monoisotopic (exact) mass is 191 g/mol. The van der Waals surface area contributed by atoms with E-state index in [4.69, 9.17) is 9.84 Å². The molecule has 0 saturated heterocycles. The SMILES string of the molecule is COCC(O)CN(C)CCC(C)O. The molecule has 0 aliphatic carbocycles. The number of nitrogens with zero attached hydrogens (tertiary/aromatic N) is 1. The molecular weight excluding hydrogens is 170 g/mol. The lowest BCUT2D eigenvalue weighted by atomic mass is 10.2. The van der Waals surface area contributed by atoms with Crippen LogP contribution in [0.2, 0.25) is 0 Å². The number of hydrogen-bond acceptors (Lipinski definition) is 4. The molecule has 0 aliphatic rings. The summed E-state index contributed by atoms with van der Waals surface area (Å²) in [7, 11) is 3.49. The second kappa shape index (κ2) is 7.26. The highest BCUT2D eigenvalue weighted by molar-refractivity contribution is 4.61. The number of likely N-dealkylation sites (N-methyl/N-ethyl adjacent to an activating group) is 1. The molecule has 0 aromatic heterocycles. The molecule has 0 saturated carbocycles. The van der Waals surface area contributed by atoms with Crippen molar-refractivity contribution >= 4 is 0 Å². The summed E-state index contributed by atoms with van der Waals surface area (Å²) in [4.78, 5) is 1.98. The Balaban J connectivity index is 3.43. The standard InChI is InChI=1S/C9H21NO3/c1-8(11)4-5-10(2)6-9(12)7-13-3/h8-9,11-12H,4-7H2,1-3H3. The van der Waals surface area contributed by atoms with Crippen LogP contribution in [0.3, 0.4) is 0 Å². The smallest absolute Gasteiger partial charge is 0.0899 e. The van der Waals surface area contributed by atoms with E-state index in [1.807, 2.05) is 11.9 Å². The predicted octanol–water partition coefficient (Wildman–Crippen LogP) is -0.304. The van der Waals surface area contributed by atoms with Gasteiger partial charge in [-0.05, 0) is 20.4 Å². The minimum Gasteiger partial charge on any atom is -0.393 e. The summed E-state index contributed by atoms with van der Waals surface area (Å²) >= 11 is 0. The Morgan fingerprint density at radius 3 is 2.46 bits per heavy atom. The summed E-state index contributed by atoms with van der Waals surface area (Å²) in [6, 6.07) is 0. The van der Waals surface area contributed by atoms with Gasteiger partial charge in [0.25, 0.3) is 0 Å². The first-order chi connectivity index (χ1) is 6.06. The van der Waals surface area contributed by atoms with Gasteiger partial charge in [-0.25, -0.2) is 0 Å². The van der Waals surface area contributed by atoms with Crippen LogP contribution in [0.1, 0.15) is 13.3 Å². The molecule has 0 rings (SSSR count). The summed E-state index contributed by atoms with van der Waals surface area (Å²) in [5, 5.41) is 18.4. The van der Waals surface area contributed by atoms with Crippen LogP contribution in [-0.2, 0) is 4.74 Å². The van der Waals surface area contributed by atoms with Crippen molar-refractivity contribution in [1.82, 2.24) is 4.90 Å². The number of hydrogen-bond donors (Lipinski definition) is 2. The van der Waals surface area contributed by atoms with Gasteiger partial charge in [-0.2, -0.15) is 0 Å². The van der Waals surface area contributed by atoms with E-state index in [0.29, 0.717) is 13.2 Å². The zero-order chi connectivity index (χ0) is 10.3. The first-order valence-corrected chi connectivity index (χ1v) is 4.60. The van der Waals surface area contributed by atoms with Crippen molar-refractivity contribution in [2.75, 3.05) is 33.9 Å². The molecule has 0 aromatic carbocycles. The Hall–Kier alpha value is -0.160. The van der Waals surface area contributed by atoms with Crippen molar-refractivity contribution in [2.24, 2.45) is 0 Å². The highest BCUT2D eigenvalue weighted by atomic mass is 16.5. The Bertz CT molecular complexity index is 119. The van der Waals surface area contributed by atoms with Crippen molar-refractivity contribution in [3.05, 3.63) is 0 Å². The molecule has 0 amide bonds. The van der Waals surface area contributed by atoms with Crippen LogP contribution in [0, 0.1) is 0 Å². The van der Waals surface area contributed by atoms with Gasteiger partial charge in [-0.1, -0.05) is 0 Å². The molecule has 2 atom stereocenters. The zero-order valence-electron chi connectivity index (χ0n) is 8.73. The molecular formula is C9H21NO3. The first kappa shape index (κ1) is 12.8. The predicted molar refractivity (Wildman–Crippen MR) is 51.7 cm³/mol. The van der Waals surface area contributed by atoms with Crippen molar-refractivity contribution in [2.45, 2.75) is 25.6 Å². The number of ether oxygens (including phenoxy) is 1. The van der Waals surface area contributed by atoms with E-state index in [2.05, 4.69) is 0 Å². The van der Waals surface area contributed by atoms with Crippen LogP contribution < -0.4 is 0 Å². The molecule has 4 heteroatoms.